The number of nitrogens with zero attached hydrogens (tertiary/aromatic N) is 2. The lowest BCUT2D eigenvalue weighted by Crippen LogP contribution is -2.54. The lowest BCUT2D eigenvalue weighted by atomic mass is 9.98. The molecular formula is C14H26N4O2S. The number of aromatic amines is 1. The number of aryl methyl sites for hydroxylation is 2. The van der Waals surface area contributed by atoms with Gasteiger partial charge in [-0.05, 0) is 33.1 Å². The van der Waals surface area contributed by atoms with Crippen LogP contribution in [0, 0.1) is 13.8 Å². The first kappa shape index (κ1) is 16.5. The van der Waals surface area contributed by atoms with E-state index >= 15 is 0 Å². The maximum absolute atomic E-state index is 13.2. The van der Waals surface area contributed by atoms with E-state index < -0.39 is 15.6 Å². The van der Waals surface area contributed by atoms with E-state index in [1.165, 1.54) is 0 Å². The number of nitrogens with one attached hydrogen (secondary N) is 1. The third-order valence-corrected chi connectivity index (χ3v) is 6.75. The summed E-state index contributed by atoms with van der Waals surface area (Å²) in [6, 6.07) is 0. The molecule has 0 aromatic carbocycles. The number of hydrogen-bond donors (Lipinski definition) is 2. The van der Waals surface area contributed by atoms with Crippen molar-refractivity contribution in [2.75, 3.05) is 13.1 Å². The fraction of sp³-hybridized carbons (Fsp3) is 0.786. The smallest absolute Gasteiger partial charge is 0.247 e. The van der Waals surface area contributed by atoms with Crippen LogP contribution in [0.15, 0.2) is 4.90 Å². The van der Waals surface area contributed by atoms with Crippen LogP contribution in [0.2, 0.25) is 0 Å². The van der Waals surface area contributed by atoms with Crippen LogP contribution in [-0.2, 0) is 10.0 Å². The first-order valence-corrected chi connectivity index (χ1v) is 9.07. The molecular weight excluding hydrogens is 288 g/mol. The molecule has 0 bridgehead atoms. The quantitative estimate of drug-likeness (QED) is 0.836. The summed E-state index contributed by atoms with van der Waals surface area (Å²) in [7, 11) is -3.58. The number of H-pyrrole nitrogens is 1. The van der Waals surface area contributed by atoms with E-state index in [1.807, 2.05) is 6.92 Å². The Kier molecular flexibility index (Phi) is 4.75. The zero-order valence-corrected chi connectivity index (χ0v) is 14.0. The molecule has 21 heavy (non-hydrogen) atoms. The summed E-state index contributed by atoms with van der Waals surface area (Å²) in [5.74, 6) is 0. The number of aromatic nitrogens is 2. The van der Waals surface area contributed by atoms with Crippen LogP contribution >= 0.6 is 0 Å². The van der Waals surface area contributed by atoms with Gasteiger partial charge in [0.15, 0.2) is 0 Å². The van der Waals surface area contributed by atoms with Crippen molar-refractivity contribution in [2.24, 2.45) is 5.73 Å². The van der Waals surface area contributed by atoms with Gasteiger partial charge in [0.25, 0.3) is 0 Å². The molecule has 1 aromatic rings. The van der Waals surface area contributed by atoms with E-state index in [-0.39, 0.29) is 0 Å². The summed E-state index contributed by atoms with van der Waals surface area (Å²) in [5.41, 5.74) is 6.69. The van der Waals surface area contributed by atoms with Crippen LogP contribution in [0.3, 0.4) is 0 Å². The molecule has 0 amide bonds. The van der Waals surface area contributed by atoms with Crippen LogP contribution < -0.4 is 5.73 Å². The Morgan fingerprint density at radius 1 is 1.33 bits per heavy atom. The summed E-state index contributed by atoms with van der Waals surface area (Å²) in [4.78, 5) is 0.315. The van der Waals surface area contributed by atoms with Crippen LogP contribution in [-0.4, -0.2) is 41.5 Å². The van der Waals surface area contributed by atoms with Gasteiger partial charge in [-0.15, -0.1) is 0 Å². The highest BCUT2D eigenvalue weighted by atomic mass is 32.2. The Bertz CT molecular complexity index is 569. The van der Waals surface area contributed by atoms with Crippen molar-refractivity contribution in [2.45, 2.75) is 63.3 Å². The standard InChI is InChI=1S/C14H26N4O2S/c1-4-9-18(14(10-15)7-5-6-8-14)21(19,20)13-11(2)16-17-12(13)3/h4-10,15H2,1-3H3,(H,16,17). The van der Waals surface area contributed by atoms with Crippen molar-refractivity contribution in [1.29, 1.82) is 0 Å². The summed E-state index contributed by atoms with van der Waals surface area (Å²) in [6.07, 6.45) is 4.54. The molecule has 1 aliphatic rings. The summed E-state index contributed by atoms with van der Waals surface area (Å²) >= 11 is 0. The molecule has 1 saturated carbocycles. The van der Waals surface area contributed by atoms with Crippen molar-refractivity contribution in [3.8, 4) is 0 Å². The van der Waals surface area contributed by atoms with Crippen molar-refractivity contribution >= 4 is 10.0 Å². The molecule has 0 spiro atoms. The van der Waals surface area contributed by atoms with Crippen LogP contribution in [0.1, 0.15) is 50.4 Å². The monoisotopic (exact) mass is 314 g/mol. The van der Waals surface area contributed by atoms with Crippen molar-refractivity contribution < 1.29 is 8.42 Å². The predicted octanol–water partition coefficient (Wildman–Crippen LogP) is 1.70. The van der Waals surface area contributed by atoms with Crippen molar-refractivity contribution in [3.63, 3.8) is 0 Å². The molecule has 1 aromatic heterocycles. The van der Waals surface area contributed by atoms with Gasteiger partial charge < -0.3 is 5.73 Å². The van der Waals surface area contributed by atoms with E-state index in [1.54, 1.807) is 18.2 Å². The first-order chi connectivity index (χ1) is 9.89. The van der Waals surface area contributed by atoms with Crippen molar-refractivity contribution in [3.05, 3.63) is 11.4 Å². The van der Waals surface area contributed by atoms with E-state index in [4.69, 9.17) is 5.73 Å². The lowest BCUT2D eigenvalue weighted by molar-refractivity contribution is 0.197. The second-order valence-electron chi connectivity index (χ2n) is 5.98. The third kappa shape index (κ3) is 2.74. The SMILES string of the molecule is CCCN(C1(CN)CCCC1)S(=O)(=O)c1c(C)n[nH]c1C. The Balaban J connectivity index is 2.51. The fourth-order valence-corrected chi connectivity index (χ4v) is 5.70. The van der Waals surface area contributed by atoms with Crippen molar-refractivity contribution in [1.82, 2.24) is 14.5 Å². The molecule has 0 aliphatic heterocycles. The van der Waals surface area contributed by atoms with Crippen LogP contribution in [0.5, 0.6) is 0 Å². The van der Waals surface area contributed by atoms with E-state index in [2.05, 4.69) is 10.2 Å². The van der Waals surface area contributed by atoms with Crippen LogP contribution in [0.4, 0.5) is 0 Å². The maximum Gasteiger partial charge on any atom is 0.247 e. The molecule has 1 aliphatic carbocycles. The van der Waals surface area contributed by atoms with Gasteiger partial charge >= 0.3 is 0 Å². The number of sulfonamides is 1. The van der Waals surface area contributed by atoms with Gasteiger partial charge in [0.2, 0.25) is 10.0 Å². The molecule has 0 unspecified atom stereocenters. The summed E-state index contributed by atoms with van der Waals surface area (Å²) in [5, 5.41) is 6.81. The van der Waals surface area contributed by atoms with E-state index in [0.717, 1.165) is 32.1 Å². The van der Waals surface area contributed by atoms with Gasteiger partial charge in [-0.2, -0.15) is 9.40 Å². The van der Waals surface area contributed by atoms with Gasteiger partial charge in [0.05, 0.1) is 11.4 Å². The minimum atomic E-state index is -3.58. The van der Waals surface area contributed by atoms with Crippen LogP contribution in [0.25, 0.3) is 0 Å². The van der Waals surface area contributed by atoms with E-state index in [0.29, 0.717) is 29.4 Å². The highest BCUT2D eigenvalue weighted by molar-refractivity contribution is 7.89. The predicted molar refractivity (Wildman–Crippen MR) is 82.5 cm³/mol. The topological polar surface area (TPSA) is 92.1 Å². The zero-order chi connectivity index (χ0) is 15.7. The molecule has 7 heteroatoms. The molecule has 1 fully saturated rings. The molecule has 1 heterocycles. The van der Waals surface area contributed by atoms with Gasteiger partial charge in [0, 0.05) is 18.6 Å². The largest absolute Gasteiger partial charge is 0.329 e. The highest BCUT2D eigenvalue weighted by Crippen LogP contribution is 2.38. The first-order valence-electron chi connectivity index (χ1n) is 7.63. The van der Waals surface area contributed by atoms with Gasteiger partial charge in [0.1, 0.15) is 4.90 Å². The molecule has 0 atom stereocenters. The summed E-state index contributed by atoms with van der Waals surface area (Å²) < 4.78 is 28.0. The molecule has 2 rings (SSSR count). The Labute approximate surface area is 127 Å². The number of rotatable bonds is 6. The Hall–Kier alpha value is -0.920. The average Bonchev–Trinajstić information content (AvgIpc) is 3.04. The van der Waals surface area contributed by atoms with Gasteiger partial charge in [-0.1, -0.05) is 19.8 Å². The van der Waals surface area contributed by atoms with Gasteiger partial charge in [-0.25, -0.2) is 8.42 Å². The summed E-state index contributed by atoms with van der Waals surface area (Å²) in [6.45, 7) is 6.35. The second-order valence-corrected chi connectivity index (χ2v) is 7.78. The lowest BCUT2D eigenvalue weighted by Gasteiger charge is -2.39. The highest BCUT2D eigenvalue weighted by Gasteiger charge is 2.45. The third-order valence-electron chi connectivity index (χ3n) is 4.48. The second kappa shape index (κ2) is 6.06. The zero-order valence-electron chi connectivity index (χ0n) is 13.1. The number of hydrogen-bond acceptors (Lipinski definition) is 4. The molecule has 120 valence electrons. The molecule has 3 N–H and O–H groups in total. The Morgan fingerprint density at radius 2 is 1.95 bits per heavy atom. The normalized spacial score (nSPS) is 18.5. The van der Waals surface area contributed by atoms with Gasteiger partial charge in [-0.3, -0.25) is 5.10 Å². The minimum absolute atomic E-state index is 0.315. The fourth-order valence-electron chi connectivity index (χ4n) is 3.43. The number of nitrogens with two attached hydrogens (primary N) is 1. The van der Waals surface area contributed by atoms with E-state index in [9.17, 15) is 8.42 Å². The molecule has 6 nitrogen and oxygen atoms in total. The minimum Gasteiger partial charge on any atom is -0.329 e. The molecule has 0 saturated heterocycles. The Morgan fingerprint density at radius 3 is 2.38 bits per heavy atom. The average molecular weight is 314 g/mol. The maximum atomic E-state index is 13.2. The molecule has 0 radical (unpaired) electrons.